The van der Waals surface area contributed by atoms with Crippen LogP contribution in [0.15, 0.2) is 60.1 Å². The number of nitrogens with zero attached hydrogens (tertiary/aromatic N) is 2. The zero-order valence-electron chi connectivity index (χ0n) is 13.4. The van der Waals surface area contributed by atoms with E-state index in [9.17, 15) is 4.79 Å². The van der Waals surface area contributed by atoms with E-state index in [1.807, 2.05) is 65.4 Å². The van der Waals surface area contributed by atoms with Gasteiger partial charge in [0.25, 0.3) is 5.91 Å². The summed E-state index contributed by atoms with van der Waals surface area (Å²) in [6.07, 6.45) is 1.96. The van der Waals surface area contributed by atoms with E-state index in [1.54, 1.807) is 6.07 Å². The van der Waals surface area contributed by atoms with Gasteiger partial charge in [-0.05, 0) is 42.1 Å². The number of carbonyl (C=O) groups is 1. The lowest BCUT2D eigenvalue weighted by atomic mass is 10.1. The van der Waals surface area contributed by atoms with Gasteiger partial charge in [-0.1, -0.05) is 35.9 Å². The SMILES string of the molecule is Cc1ccc2nc(-c3cccc(Cl)c3)c(NC(=O)c3cccs3)n2c1. The smallest absolute Gasteiger partial charge is 0.266 e. The van der Waals surface area contributed by atoms with Gasteiger partial charge in [0.1, 0.15) is 17.2 Å². The standard InChI is InChI=1S/C19H14ClN3OS/c1-12-7-8-16-21-17(13-4-2-5-14(20)10-13)18(23(16)11-12)22-19(24)15-6-3-9-25-15/h2-11H,1H3,(H,22,24). The van der Waals surface area contributed by atoms with Gasteiger partial charge in [-0.3, -0.25) is 9.20 Å². The maximum Gasteiger partial charge on any atom is 0.266 e. The fraction of sp³-hybridized carbons (Fsp3) is 0.0526. The molecule has 3 heterocycles. The molecular formula is C19H14ClN3OS. The number of anilines is 1. The van der Waals surface area contributed by atoms with Gasteiger partial charge in [-0.2, -0.15) is 0 Å². The van der Waals surface area contributed by atoms with Crippen molar-refractivity contribution in [1.82, 2.24) is 9.38 Å². The first-order valence-electron chi connectivity index (χ1n) is 7.71. The number of hydrogen-bond donors (Lipinski definition) is 1. The van der Waals surface area contributed by atoms with E-state index in [4.69, 9.17) is 16.6 Å². The molecule has 124 valence electrons. The van der Waals surface area contributed by atoms with Crippen LogP contribution in [0.3, 0.4) is 0 Å². The highest BCUT2D eigenvalue weighted by Gasteiger charge is 2.18. The van der Waals surface area contributed by atoms with Gasteiger partial charge in [0.15, 0.2) is 0 Å². The van der Waals surface area contributed by atoms with Crippen LogP contribution in [-0.2, 0) is 0 Å². The van der Waals surface area contributed by atoms with Crippen LogP contribution >= 0.6 is 22.9 Å². The molecule has 0 unspecified atom stereocenters. The Kier molecular flexibility index (Phi) is 4.03. The number of nitrogens with one attached hydrogen (secondary N) is 1. The van der Waals surface area contributed by atoms with Crippen molar-refractivity contribution < 1.29 is 4.79 Å². The van der Waals surface area contributed by atoms with E-state index >= 15 is 0 Å². The predicted octanol–water partition coefficient (Wildman–Crippen LogP) is 5.28. The molecule has 1 aromatic carbocycles. The first-order chi connectivity index (χ1) is 12.1. The zero-order valence-corrected chi connectivity index (χ0v) is 14.9. The van der Waals surface area contributed by atoms with Crippen LogP contribution in [0, 0.1) is 6.92 Å². The Morgan fingerprint density at radius 3 is 2.84 bits per heavy atom. The number of imidazole rings is 1. The Balaban J connectivity index is 1.88. The molecule has 0 fully saturated rings. The number of halogens is 1. The number of thiophene rings is 1. The van der Waals surface area contributed by atoms with Crippen molar-refractivity contribution in [3.05, 3.63) is 75.6 Å². The van der Waals surface area contributed by atoms with Crippen LogP contribution in [0.25, 0.3) is 16.9 Å². The van der Waals surface area contributed by atoms with Crippen LogP contribution in [0.1, 0.15) is 15.2 Å². The van der Waals surface area contributed by atoms with Crippen molar-refractivity contribution in [1.29, 1.82) is 0 Å². The number of rotatable bonds is 3. The summed E-state index contributed by atoms with van der Waals surface area (Å²) in [7, 11) is 0. The predicted molar refractivity (Wildman–Crippen MR) is 103 cm³/mol. The van der Waals surface area contributed by atoms with Crippen molar-refractivity contribution in [2.75, 3.05) is 5.32 Å². The number of aryl methyl sites for hydroxylation is 1. The van der Waals surface area contributed by atoms with E-state index in [-0.39, 0.29) is 5.91 Å². The molecule has 0 radical (unpaired) electrons. The molecule has 4 aromatic rings. The molecule has 1 amide bonds. The highest BCUT2D eigenvalue weighted by molar-refractivity contribution is 7.12. The minimum absolute atomic E-state index is 0.151. The van der Waals surface area contributed by atoms with Gasteiger partial charge in [0, 0.05) is 16.8 Å². The van der Waals surface area contributed by atoms with E-state index in [2.05, 4.69) is 5.32 Å². The molecule has 0 saturated heterocycles. The summed E-state index contributed by atoms with van der Waals surface area (Å²) in [6, 6.07) is 15.0. The number of fused-ring (bicyclic) bond motifs is 1. The quantitative estimate of drug-likeness (QED) is 0.535. The number of carbonyl (C=O) groups excluding carboxylic acids is 1. The van der Waals surface area contributed by atoms with Crippen LogP contribution < -0.4 is 5.32 Å². The van der Waals surface area contributed by atoms with E-state index in [0.717, 1.165) is 16.8 Å². The van der Waals surface area contributed by atoms with Crippen LogP contribution in [0.2, 0.25) is 5.02 Å². The molecule has 0 aliphatic rings. The molecule has 4 rings (SSSR count). The lowest BCUT2D eigenvalue weighted by Crippen LogP contribution is -2.12. The zero-order chi connectivity index (χ0) is 17.4. The maximum absolute atomic E-state index is 12.6. The lowest BCUT2D eigenvalue weighted by Gasteiger charge is -2.07. The highest BCUT2D eigenvalue weighted by Crippen LogP contribution is 2.31. The number of benzene rings is 1. The topological polar surface area (TPSA) is 46.4 Å². The normalized spacial score (nSPS) is 11.0. The second-order valence-electron chi connectivity index (χ2n) is 5.69. The van der Waals surface area contributed by atoms with Gasteiger partial charge in [0.2, 0.25) is 0 Å². The number of aromatic nitrogens is 2. The van der Waals surface area contributed by atoms with Gasteiger partial charge in [-0.25, -0.2) is 4.98 Å². The Bertz CT molecular complexity index is 1070. The first kappa shape index (κ1) is 15.9. The highest BCUT2D eigenvalue weighted by atomic mass is 35.5. The summed E-state index contributed by atoms with van der Waals surface area (Å²) in [5.74, 6) is 0.487. The molecule has 25 heavy (non-hydrogen) atoms. The second-order valence-corrected chi connectivity index (χ2v) is 7.07. The summed E-state index contributed by atoms with van der Waals surface area (Å²) < 4.78 is 1.90. The Hall–Kier alpha value is -2.63. The van der Waals surface area contributed by atoms with Gasteiger partial charge in [-0.15, -0.1) is 11.3 Å². The first-order valence-corrected chi connectivity index (χ1v) is 8.97. The van der Waals surface area contributed by atoms with Crippen molar-refractivity contribution in [3.8, 4) is 11.3 Å². The summed E-state index contributed by atoms with van der Waals surface area (Å²) in [4.78, 5) is 17.9. The minimum Gasteiger partial charge on any atom is -0.305 e. The van der Waals surface area contributed by atoms with Gasteiger partial charge < -0.3 is 5.32 Å². The molecule has 1 N–H and O–H groups in total. The number of hydrogen-bond acceptors (Lipinski definition) is 3. The Labute approximate surface area is 153 Å². The van der Waals surface area contributed by atoms with E-state index in [1.165, 1.54) is 11.3 Å². The van der Waals surface area contributed by atoms with Crippen LogP contribution in [0.5, 0.6) is 0 Å². The van der Waals surface area contributed by atoms with Gasteiger partial charge in [0.05, 0.1) is 4.88 Å². The fourth-order valence-electron chi connectivity index (χ4n) is 2.68. The number of amides is 1. The molecule has 6 heteroatoms. The molecule has 0 aliphatic heterocycles. The maximum atomic E-state index is 12.6. The largest absolute Gasteiger partial charge is 0.305 e. The molecule has 0 saturated carbocycles. The van der Waals surface area contributed by atoms with Crippen molar-refractivity contribution in [3.63, 3.8) is 0 Å². The third-order valence-corrected chi connectivity index (χ3v) is 4.95. The van der Waals surface area contributed by atoms with Crippen LogP contribution in [0.4, 0.5) is 5.82 Å². The molecule has 3 aromatic heterocycles. The average molecular weight is 368 g/mol. The lowest BCUT2D eigenvalue weighted by molar-refractivity contribution is 0.103. The molecule has 0 bridgehead atoms. The van der Waals surface area contributed by atoms with Crippen molar-refractivity contribution >= 4 is 40.3 Å². The summed E-state index contributed by atoms with van der Waals surface area (Å²) in [6.45, 7) is 2.00. The Morgan fingerprint density at radius 2 is 2.08 bits per heavy atom. The molecular weight excluding hydrogens is 354 g/mol. The minimum atomic E-state index is -0.151. The van der Waals surface area contributed by atoms with Crippen LogP contribution in [-0.4, -0.2) is 15.3 Å². The molecule has 4 nitrogen and oxygen atoms in total. The fourth-order valence-corrected chi connectivity index (χ4v) is 3.49. The average Bonchev–Trinajstić information content (AvgIpc) is 3.23. The third-order valence-electron chi connectivity index (χ3n) is 3.84. The van der Waals surface area contributed by atoms with E-state index < -0.39 is 0 Å². The summed E-state index contributed by atoms with van der Waals surface area (Å²) in [5.41, 5.74) is 3.39. The second kappa shape index (κ2) is 6.35. The number of pyridine rings is 1. The van der Waals surface area contributed by atoms with Crippen molar-refractivity contribution in [2.45, 2.75) is 6.92 Å². The van der Waals surface area contributed by atoms with Gasteiger partial charge >= 0.3 is 0 Å². The summed E-state index contributed by atoms with van der Waals surface area (Å²) in [5, 5.41) is 5.52. The molecule has 0 aliphatic carbocycles. The molecule has 0 atom stereocenters. The monoisotopic (exact) mass is 367 g/mol. The summed E-state index contributed by atoms with van der Waals surface area (Å²) >= 11 is 7.54. The van der Waals surface area contributed by atoms with E-state index in [0.29, 0.717) is 21.4 Å². The Morgan fingerprint density at radius 1 is 1.20 bits per heavy atom. The molecule has 0 spiro atoms. The van der Waals surface area contributed by atoms with Crippen molar-refractivity contribution in [2.24, 2.45) is 0 Å². The third kappa shape index (κ3) is 3.04.